The van der Waals surface area contributed by atoms with Gasteiger partial charge in [-0.1, -0.05) is 47.1 Å². The minimum atomic E-state index is -4.56. The van der Waals surface area contributed by atoms with Crippen molar-refractivity contribution in [1.82, 2.24) is 0 Å². The van der Waals surface area contributed by atoms with Gasteiger partial charge in [-0.25, -0.2) is 0 Å². The standard InChI is InChI=1S/C32H47F3O4/c1-26(2)22-8-11-31(7)24(29(22,5)10-9-23(26)37)21(36)16-19-20-17-28(4,25(38)39-18-32(33,34)35)13-12-27(20,3)14-15-30(19,31)6/h16,20,22-24,37H,8-15,17-18H2,1-7H3/t20-,22?,23+,24-,27-,28+,29+,30-,31-/m1/s1. The Hall–Kier alpha value is -1.37. The van der Waals surface area contributed by atoms with Crippen LogP contribution in [-0.4, -0.2) is 35.7 Å². The number of esters is 1. The third-order valence-electron chi connectivity index (χ3n) is 13.4. The summed E-state index contributed by atoms with van der Waals surface area (Å²) in [7, 11) is 0. The Morgan fingerprint density at radius 3 is 2.26 bits per heavy atom. The van der Waals surface area contributed by atoms with Gasteiger partial charge in [-0.15, -0.1) is 0 Å². The zero-order valence-corrected chi connectivity index (χ0v) is 24.8. The van der Waals surface area contributed by atoms with Gasteiger partial charge in [-0.2, -0.15) is 13.2 Å². The zero-order valence-electron chi connectivity index (χ0n) is 24.8. The molecule has 0 aromatic heterocycles. The lowest BCUT2D eigenvalue weighted by Crippen LogP contribution is -2.66. The molecule has 5 aliphatic carbocycles. The monoisotopic (exact) mass is 552 g/mol. The fourth-order valence-electron chi connectivity index (χ4n) is 10.7. The number of hydrogen-bond donors (Lipinski definition) is 1. The molecular formula is C32H47F3O4. The van der Waals surface area contributed by atoms with E-state index in [9.17, 15) is 27.9 Å². The van der Waals surface area contributed by atoms with Crippen molar-refractivity contribution in [2.24, 2.45) is 50.2 Å². The molecule has 39 heavy (non-hydrogen) atoms. The zero-order chi connectivity index (χ0) is 29.0. The first-order valence-electron chi connectivity index (χ1n) is 14.9. The van der Waals surface area contributed by atoms with Gasteiger partial charge in [0, 0.05) is 5.92 Å². The predicted octanol–water partition coefficient (Wildman–Crippen LogP) is 7.43. The lowest BCUT2D eigenvalue weighted by atomic mass is 9.33. The van der Waals surface area contributed by atoms with Gasteiger partial charge in [-0.3, -0.25) is 9.59 Å². The van der Waals surface area contributed by atoms with Gasteiger partial charge in [0.1, 0.15) is 0 Å². The Morgan fingerprint density at radius 2 is 1.62 bits per heavy atom. The highest BCUT2D eigenvalue weighted by atomic mass is 19.4. The molecule has 0 radical (unpaired) electrons. The fraction of sp³-hybridized carbons (Fsp3) is 0.875. The van der Waals surface area contributed by atoms with Crippen LogP contribution in [0.1, 0.15) is 106 Å². The third-order valence-corrected chi connectivity index (χ3v) is 13.4. The number of fused-ring (bicyclic) bond motifs is 7. The molecule has 7 heteroatoms. The van der Waals surface area contributed by atoms with Crippen LogP contribution in [0.2, 0.25) is 0 Å². The van der Waals surface area contributed by atoms with Crippen LogP contribution in [0.5, 0.6) is 0 Å². The molecule has 0 spiro atoms. The van der Waals surface area contributed by atoms with Crippen molar-refractivity contribution in [3.8, 4) is 0 Å². The smallest absolute Gasteiger partial charge is 0.422 e. The quantitative estimate of drug-likeness (QED) is 0.362. The molecule has 0 bridgehead atoms. The van der Waals surface area contributed by atoms with E-state index < -0.39 is 24.2 Å². The van der Waals surface area contributed by atoms with Crippen molar-refractivity contribution in [1.29, 1.82) is 0 Å². The summed E-state index contributed by atoms with van der Waals surface area (Å²) in [5.74, 6) is -0.548. The summed E-state index contributed by atoms with van der Waals surface area (Å²) >= 11 is 0. The average molecular weight is 553 g/mol. The van der Waals surface area contributed by atoms with Gasteiger partial charge in [0.2, 0.25) is 0 Å². The van der Waals surface area contributed by atoms with Gasteiger partial charge in [0.15, 0.2) is 12.4 Å². The minimum Gasteiger partial charge on any atom is -0.456 e. The Kier molecular flexibility index (Phi) is 6.41. The first-order chi connectivity index (χ1) is 17.7. The van der Waals surface area contributed by atoms with Gasteiger partial charge in [-0.05, 0) is 110 Å². The number of hydrogen-bond acceptors (Lipinski definition) is 4. The largest absolute Gasteiger partial charge is 0.456 e. The molecule has 5 rings (SSSR count). The summed E-state index contributed by atoms with van der Waals surface area (Å²) in [4.78, 5) is 27.3. The number of ether oxygens (including phenoxy) is 1. The van der Waals surface area contributed by atoms with E-state index in [1.165, 1.54) is 0 Å². The van der Waals surface area contributed by atoms with E-state index in [0.29, 0.717) is 19.3 Å². The summed E-state index contributed by atoms with van der Waals surface area (Å²) in [5.41, 5.74) is -0.957. The Bertz CT molecular complexity index is 1100. The molecule has 0 aromatic carbocycles. The van der Waals surface area contributed by atoms with Crippen LogP contribution in [0.4, 0.5) is 13.2 Å². The number of aliphatic hydroxyl groups is 1. The van der Waals surface area contributed by atoms with E-state index in [2.05, 4.69) is 41.5 Å². The van der Waals surface area contributed by atoms with E-state index in [4.69, 9.17) is 4.74 Å². The minimum absolute atomic E-state index is 0.0506. The summed E-state index contributed by atoms with van der Waals surface area (Å²) < 4.78 is 43.3. The molecule has 5 aliphatic rings. The fourth-order valence-corrected chi connectivity index (χ4v) is 10.7. The van der Waals surface area contributed by atoms with Crippen LogP contribution >= 0.6 is 0 Å². The SMILES string of the molecule is CC1(C)C2CC[C@]3(C)[C@H](C(=O)C=C4[C@H]5C[C@@](C)(C(=O)OCC(F)(F)F)CC[C@]5(C)CC[C@]43C)[C@@]2(C)CC[C@@H]1O. The van der Waals surface area contributed by atoms with Crippen LogP contribution in [-0.2, 0) is 14.3 Å². The van der Waals surface area contributed by atoms with Crippen molar-refractivity contribution in [2.75, 3.05) is 6.61 Å². The lowest BCUT2D eigenvalue weighted by molar-refractivity contribution is -0.205. The van der Waals surface area contributed by atoms with Gasteiger partial charge < -0.3 is 9.84 Å². The first-order valence-corrected chi connectivity index (χ1v) is 14.9. The van der Waals surface area contributed by atoms with E-state index >= 15 is 0 Å². The van der Waals surface area contributed by atoms with Crippen LogP contribution in [0.15, 0.2) is 11.6 Å². The Balaban J connectivity index is 1.53. The Morgan fingerprint density at radius 1 is 0.974 bits per heavy atom. The van der Waals surface area contributed by atoms with Gasteiger partial charge in [0.25, 0.3) is 0 Å². The molecule has 0 aromatic rings. The highest BCUT2D eigenvalue weighted by Gasteiger charge is 2.70. The number of halogens is 3. The molecule has 0 saturated heterocycles. The van der Waals surface area contributed by atoms with Crippen LogP contribution in [0.25, 0.3) is 0 Å². The van der Waals surface area contributed by atoms with E-state index in [1.54, 1.807) is 6.92 Å². The molecule has 1 unspecified atom stereocenters. The molecule has 0 amide bonds. The number of carbonyl (C=O) groups excluding carboxylic acids is 2. The first kappa shape index (κ1) is 29.1. The van der Waals surface area contributed by atoms with Crippen LogP contribution < -0.4 is 0 Å². The lowest BCUT2D eigenvalue weighted by Gasteiger charge is -2.70. The second-order valence-electron chi connectivity index (χ2n) is 15.8. The molecule has 4 nitrogen and oxygen atoms in total. The summed E-state index contributed by atoms with van der Waals surface area (Å²) in [6, 6.07) is 0. The average Bonchev–Trinajstić information content (AvgIpc) is 2.82. The predicted molar refractivity (Wildman–Crippen MR) is 142 cm³/mol. The number of rotatable bonds is 2. The maximum atomic E-state index is 14.3. The second kappa shape index (κ2) is 8.58. The highest BCUT2D eigenvalue weighted by molar-refractivity contribution is 5.95. The van der Waals surface area contributed by atoms with Gasteiger partial charge in [0.05, 0.1) is 11.5 Å². The van der Waals surface area contributed by atoms with Crippen molar-refractivity contribution in [2.45, 2.75) is 119 Å². The van der Waals surface area contributed by atoms with Gasteiger partial charge >= 0.3 is 12.1 Å². The summed E-state index contributed by atoms with van der Waals surface area (Å²) in [6.45, 7) is 13.6. The third kappa shape index (κ3) is 4.01. The Labute approximate surface area is 231 Å². The molecule has 1 N–H and O–H groups in total. The van der Waals surface area contributed by atoms with Crippen molar-refractivity contribution in [3.63, 3.8) is 0 Å². The highest BCUT2D eigenvalue weighted by Crippen LogP contribution is 2.75. The van der Waals surface area contributed by atoms with E-state index in [1.807, 2.05) is 6.08 Å². The number of ketones is 1. The molecule has 4 fully saturated rings. The molecule has 220 valence electrons. The maximum Gasteiger partial charge on any atom is 0.422 e. The van der Waals surface area contributed by atoms with Crippen molar-refractivity contribution < 1.29 is 32.6 Å². The topological polar surface area (TPSA) is 63.6 Å². The molecule has 4 saturated carbocycles. The molecule has 0 aliphatic heterocycles. The van der Waals surface area contributed by atoms with Crippen LogP contribution in [0.3, 0.4) is 0 Å². The maximum absolute atomic E-state index is 14.3. The summed E-state index contributed by atoms with van der Waals surface area (Å²) in [6.07, 6.45) is 3.95. The molecular weight excluding hydrogens is 505 g/mol. The second-order valence-corrected chi connectivity index (χ2v) is 15.8. The number of allylic oxidation sites excluding steroid dienone is 2. The van der Waals surface area contributed by atoms with Crippen LogP contribution in [0, 0.1) is 50.2 Å². The normalized spacial score (nSPS) is 49.1. The number of aliphatic hydroxyl groups excluding tert-OH is 1. The van der Waals surface area contributed by atoms with E-state index in [-0.39, 0.29) is 56.7 Å². The molecule has 9 atom stereocenters. The molecule has 0 heterocycles. The number of alkyl halides is 3. The summed E-state index contributed by atoms with van der Waals surface area (Å²) in [5, 5.41) is 10.9. The number of carbonyl (C=O) groups is 2. The van der Waals surface area contributed by atoms with Crippen molar-refractivity contribution >= 4 is 11.8 Å². The van der Waals surface area contributed by atoms with Crippen molar-refractivity contribution in [3.05, 3.63) is 11.6 Å². The van der Waals surface area contributed by atoms with E-state index in [0.717, 1.165) is 44.1 Å².